The number of hydrogen-bond acceptors (Lipinski definition) is 2. The van der Waals surface area contributed by atoms with Crippen LogP contribution in [-0.2, 0) is 0 Å². The van der Waals surface area contributed by atoms with Crippen LogP contribution in [-0.4, -0.2) is 4.98 Å². The lowest BCUT2D eigenvalue weighted by atomic mass is 10.0. The van der Waals surface area contributed by atoms with Gasteiger partial charge in [0.05, 0.1) is 5.69 Å². The van der Waals surface area contributed by atoms with E-state index in [1.54, 1.807) is 0 Å². The second kappa shape index (κ2) is 4.37. The van der Waals surface area contributed by atoms with E-state index in [0.29, 0.717) is 5.69 Å². The van der Waals surface area contributed by atoms with Crippen LogP contribution in [0.1, 0.15) is 0 Å². The van der Waals surface area contributed by atoms with E-state index >= 15 is 0 Å². The van der Waals surface area contributed by atoms with Crippen LogP contribution in [0.15, 0.2) is 70.1 Å². The molecule has 0 aliphatic heterocycles. The van der Waals surface area contributed by atoms with Crippen LogP contribution in [0.2, 0.25) is 0 Å². The summed E-state index contributed by atoms with van der Waals surface area (Å²) in [5.74, 6) is -0.433. The molecule has 0 amide bonds. The zero-order valence-corrected chi connectivity index (χ0v) is 9.59. The Morgan fingerprint density at radius 2 is 1.39 bits per heavy atom. The highest BCUT2D eigenvalue weighted by Gasteiger charge is 2.02. The fraction of sp³-hybridized carbons (Fsp3) is 0. The van der Waals surface area contributed by atoms with Crippen molar-refractivity contribution in [3.63, 3.8) is 0 Å². The van der Waals surface area contributed by atoms with Crippen molar-refractivity contribution in [1.29, 1.82) is 0 Å². The van der Waals surface area contributed by atoms with E-state index in [2.05, 4.69) is 17.1 Å². The summed E-state index contributed by atoms with van der Waals surface area (Å²) >= 11 is 0. The van der Waals surface area contributed by atoms with Gasteiger partial charge in [0.25, 0.3) is 0 Å². The Kier molecular flexibility index (Phi) is 2.57. The molecule has 0 saturated carbocycles. The highest BCUT2D eigenvalue weighted by atomic mass is 16.4. The largest absolute Gasteiger partial charge is 0.416 e. The van der Waals surface area contributed by atoms with Gasteiger partial charge in [-0.2, -0.15) is 0 Å². The number of benzene rings is 2. The van der Waals surface area contributed by atoms with E-state index in [-0.39, 0.29) is 0 Å². The molecule has 88 valence electrons. The molecule has 3 heteroatoms. The molecule has 0 radical (unpaired) electrons. The second-order valence-electron chi connectivity index (χ2n) is 4.01. The van der Waals surface area contributed by atoms with Gasteiger partial charge in [0, 0.05) is 5.56 Å². The van der Waals surface area contributed by atoms with Crippen LogP contribution in [0.25, 0.3) is 22.4 Å². The molecule has 0 aliphatic rings. The van der Waals surface area contributed by atoms with Crippen LogP contribution in [0.4, 0.5) is 0 Å². The molecule has 3 aromatic rings. The average molecular weight is 237 g/mol. The molecule has 3 rings (SSSR count). The lowest BCUT2D eigenvalue weighted by Gasteiger charge is -2.02. The second-order valence-corrected chi connectivity index (χ2v) is 4.01. The van der Waals surface area contributed by atoms with Gasteiger partial charge < -0.3 is 4.42 Å². The zero-order chi connectivity index (χ0) is 12.4. The maximum absolute atomic E-state index is 10.9. The van der Waals surface area contributed by atoms with E-state index < -0.39 is 5.76 Å². The molecule has 1 N–H and O–H groups in total. The standard InChI is InChI=1S/C15H11NO2/c17-15-16-14(10-18-15)13-8-6-12(7-9-13)11-4-2-1-3-5-11/h1-10H,(H,16,17). The van der Waals surface area contributed by atoms with Gasteiger partial charge in [0.1, 0.15) is 6.26 Å². The molecule has 0 aliphatic carbocycles. The van der Waals surface area contributed by atoms with E-state index in [4.69, 9.17) is 4.42 Å². The van der Waals surface area contributed by atoms with E-state index in [1.807, 2.05) is 42.5 Å². The molecule has 2 aromatic carbocycles. The average Bonchev–Trinajstić information content (AvgIpc) is 2.87. The maximum Gasteiger partial charge on any atom is 0.416 e. The summed E-state index contributed by atoms with van der Waals surface area (Å²) in [6.45, 7) is 0. The molecule has 0 fully saturated rings. The third kappa shape index (κ3) is 1.98. The van der Waals surface area contributed by atoms with Crippen molar-refractivity contribution < 1.29 is 4.42 Å². The van der Waals surface area contributed by atoms with Crippen LogP contribution in [0.5, 0.6) is 0 Å². The van der Waals surface area contributed by atoms with Crippen molar-refractivity contribution in [2.45, 2.75) is 0 Å². The molecule has 0 saturated heterocycles. The monoisotopic (exact) mass is 237 g/mol. The Morgan fingerprint density at radius 1 is 0.778 bits per heavy atom. The predicted octanol–water partition coefficient (Wildman–Crippen LogP) is 3.30. The zero-order valence-electron chi connectivity index (χ0n) is 9.59. The lowest BCUT2D eigenvalue weighted by molar-refractivity contribution is 0.515. The summed E-state index contributed by atoms with van der Waals surface area (Å²) in [4.78, 5) is 13.6. The van der Waals surface area contributed by atoms with Crippen LogP contribution in [0, 0.1) is 0 Å². The van der Waals surface area contributed by atoms with Gasteiger partial charge in [0.15, 0.2) is 0 Å². The Morgan fingerprint density at radius 3 is 2.00 bits per heavy atom. The van der Waals surface area contributed by atoms with Crippen molar-refractivity contribution >= 4 is 0 Å². The predicted molar refractivity (Wildman–Crippen MR) is 70.2 cm³/mol. The molecule has 0 atom stereocenters. The van der Waals surface area contributed by atoms with Crippen molar-refractivity contribution in [2.24, 2.45) is 0 Å². The summed E-state index contributed by atoms with van der Waals surface area (Å²) in [5, 5.41) is 0. The molecule has 1 heterocycles. The first kappa shape index (κ1) is 10.6. The Labute approximate surface area is 104 Å². The Hall–Kier alpha value is -2.55. The number of H-pyrrole nitrogens is 1. The van der Waals surface area contributed by atoms with Gasteiger partial charge in [-0.1, -0.05) is 54.6 Å². The first-order valence-corrected chi connectivity index (χ1v) is 5.66. The SMILES string of the molecule is O=c1[nH]c(-c2ccc(-c3ccccc3)cc2)co1. The smallest absolute Gasteiger partial charge is 0.416 e. The van der Waals surface area contributed by atoms with Gasteiger partial charge in [-0.25, -0.2) is 4.79 Å². The minimum absolute atomic E-state index is 0.433. The van der Waals surface area contributed by atoms with E-state index in [0.717, 1.165) is 11.1 Å². The summed E-state index contributed by atoms with van der Waals surface area (Å²) in [7, 11) is 0. The molecule has 18 heavy (non-hydrogen) atoms. The fourth-order valence-electron chi connectivity index (χ4n) is 1.89. The minimum atomic E-state index is -0.433. The Bertz CT molecular complexity index is 693. The van der Waals surface area contributed by atoms with Gasteiger partial charge in [-0.05, 0) is 11.1 Å². The van der Waals surface area contributed by atoms with Gasteiger partial charge in [-0.3, -0.25) is 4.98 Å². The van der Waals surface area contributed by atoms with Crippen LogP contribution < -0.4 is 5.76 Å². The Balaban J connectivity index is 1.97. The topological polar surface area (TPSA) is 46.0 Å². The molecular weight excluding hydrogens is 226 g/mol. The minimum Gasteiger partial charge on any atom is -0.416 e. The quantitative estimate of drug-likeness (QED) is 0.743. The number of nitrogens with one attached hydrogen (secondary N) is 1. The van der Waals surface area contributed by atoms with Crippen molar-refractivity contribution in [3.8, 4) is 22.4 Å². The summed E-state index contributed by atoms with van der Waals surface area (Å²) in [6, 6.07) is 18.1. The molecular formula is C15H11NO2. The molecule has 3 nitrogen and oxygen atoms in total. The van der Waals surface area contributed by atoms with Gasteiger partial charge in [-0.15, -0.1) is 0 Å². The van der Waals surface area contributed by atoms with Crippen LogP contribution >= 0.6 is 0 Å². The van der Waals surface area contributed by atoms with Gasteiger partial charge in [0.2, 0.25) is 0 Å². The number of aromatic amines is 1. The van der Waals surface area contributed by atoms with Crippen molar-refractivity contribution in [2.75, 3.05) is 0 Å². The van der Waals surface area contributed by atoms with Crippen LogP contribution in [0.3, 0.4) is 0 Å². The number of hydrogen-bond donors (Lipinski definition) is 1. The lowest BCUT2D eigenvalue weighted by Crippen LogP contribution is -1.94. The first-order valence-electron chi connectivity index (χ1n) is 5.66. The highest BCUT2D eigenvalue weighted by Crippen LogP contribution is 2.23. The molecule has 0 spiro atoms. The summed E-state index contributed by atoms with van der Waals surface area (Å²) in [5.41, 5.74) is 3.94. The van der Waals surface area contributed by atoms with Crippen molar-refractivity contribution in [1.82, 2.24) is 4.98 Å². The third-order valence-corrected chi connectivity index (χ3v) is 2.82. The fourth-order valence-corrected chi connectivity index (χ4v) is 1.89. The number of rotatable bonds is 2. The molecule has 0 bridgehead atoms. The highest BCUT2D eigenvalue weighted by molar-refractivity contribution is 5.68. The van der Waals surface area contributed by atoms with E-state index in [9.17, 15) is 4.79 Å². The van der Waals surface area contributed by atoms with E-state index in [1.165, 1.54) is 11.8 Å². The first-order chi connectivity index (χ1) is 8.83. The summed E-state index contributed by atoms with van der Waals surface area (Å²) < 4.78 is 4.72. The maximum atomic E-state index is 10.9. The van der Waals surface area contributed by atoms with Gasteiger partial charge >= 0.3 is 5.76 Å². The normalized spacial score (nSPS) is 10.4. The number of oxazole rings is 1. The number of aromatic nitrogens is 1. The van der Waals surface area contributed by atoms with Crippen molar-refractivity contribution in [3.05, 3.63) is 71.4 Å². The molecule has 1 aromatic heterocycles. The molecule has 0 unspecified atom stereocenters. The third-order valence-electron chi connectivity index (χ3n) is 2.82. The summed E-state index contributed by atoms with van der Waals surface area (Å²) in [6.07, 6.45) is 1.43.